The van der Waals surface area contributed by atoms with E-state index < -0.39 is 5.97 Å². The van der Waals surface area contributed by atoms with E-state index in [0.717, 1.165) is 9.75 Å². The van der Waals surface area contributed by atoms with Gasteiger partial charge in [-0.2, -0.15) is 0 Å². The molecule has 100 valence electrons. The summed E-state index contributed by atoms with van der Waals surface area (Å²) in [6.07, 6.45) is -0.0500. The fourth-order valence-electron chi connectivity index (χ4n) is 1.74. The molecular formula is C13H19NO3S. The Morgan fingerprint density at radius 1 is 1.39 bits per heavy atom. The van der Waals surface area contributed by atoms with Gasteiger partial charge in [0.15, 0.2) is 0 Å². The number of carboxylic acids is 1. The summed E-state index contributed by atoms with van der Waals surface area (Å²) in [5.41, 5.74) is 0.647. The first-order valence-corrected chi connectivity index (χ1v) is 6.72. The summed E-state index contributed by atoms with van der Waals surface area (Å²) in [7, 11) is 0. The number of thiophene rings is 1. The van der Waals surface area contributed by atoms with Crippen LogP contribution >= 0.6 is 11.3 Å². The van der Waals surface area contributed by atoms with Gasteiger partial charge in [-0.15, -0.1) is 11.3 Å². The molecule has 5 heteroatoms. The van der Waals surface area contributed by atoms with Gasteiger partial charge in [0.2, 0.25) is 0 Å². The summed E-state index contributed by atoms with van der Waals surface area (Å²) in [6, 6.07) is 1.50. The minimum atomic E-state index is -0.896. The van der Waals surface area contributed by atoms with Gasteiger partial charge in [-0.1, -0.05) is 13.8 Å². The van der Waals surface area contributed by atoms with Gasteiger partial charge in [-0.05, 0) is 25.8 Å². The van der Waals surface area contributed by atoms with E-state index in [0.29, 0.717) is 5.56 Å². The molecule has 0 fully saturated rings. The van der Waals surface area contributed by atoms with Crippen LogP contribution in [-0.2, 0) is 4.79 Å². The fraction of sp³-hybridized carbons (Fsp3) is 0.538. The molecule has 1 heterocycles. The van der Waals surface area contributed by atoms with Crippen LogP contribution in [0.15, 0.2) is 6.07 Å². The first-order valence-electron chi connectivity index (χ1n) is 5.91. The number of hydrogen-bond donors (Lipinski definition) is 2. The zero-order valence-corrected chi connectivity index (χ0v) is 11.9. The first-order chi connectivity index (χ1) is 8.31. The van der Waals surface area contributed by atoms with E-state index in [9.17, 15) is 9.59 Å². The Morgan fingerprint density at radius 3 is 2.39 bits per heavy atom. The Labute approximate surface area is 111 Å². The summed E-state index contributed by atoms with van der Waals surface area (Å²) < 4.78 is 0. The van der Waals surface area contributed by atoms with Crippen molar-refractivity contribution in [2.75, 3.05) is 0 Å². The number of aliphatic carboxylic acids is 1. The van der Waals surface area contributed by atoms with E-state index >= 15 is 0 Å². The lowest BCUT2D eigenvalue weighted by Crippen LogP contribution is -2.40. The molecule has 0 spiro atoms. The molecule has 0 aliphatic carbocycles. The lowest BCUT2D eigenvalue weighted by atomic mass is 10.0. The second-order valence-electron chi connectivity index (χ2n) is 4.75. The maximum Gasteiger partial charge on any atom is 0.305 e. The molecule has 0 aliphatic rings. The van der Waals surface area contributed by atoms with E-state index in [1.165, 1.54) is 0 Å². The number of amides is 1. The largest absolute Gasteiger partial charge is 0.481 e. The summed E-state index contributed by atoms with van der Waals surface area (Å²) in [5, 5.41) is 11.6. The molecule has 0 saturated heterocycles. The van der Waals surface area contributed by atoms with Crippen molar-refractivity contribution in [3.8, 4) is 0 Å². The third kappa shape index (κ3) is 3.84. The van der Waals surface area contributed by atoms with Gasteiger partial charge < -0.3 is 10.4 Å². The molecule has 1 amide bonds. The van der Waals surface area contributed by atoms with Crippen molar-refractivity contribution < 1.29 is 14.7 Å². The van der Waals surface area contributed by atoms with E-state index in [1.807, 2.05) is 33.8 Å². The van der Waals surface area contributed by atoms with Crippen LogP contribution < -0.4 is 5.32 Å². The van der Waals surface area contributed by atoms with Crippen molar-refractivity contribution in [2.24, 2.45) is 5.92 Å². The van der Waals surface area contributed by atoms with Gasteiger partial charge >= 0.3 is 5.97 Å². The minimum absolute atomic E-state index is 0.0500. The average molecular weight is 269 g/mol. The van der Waals surface area contributed by atoms with E-state index in [-0.39, 0.29) is 24.3 Å². The van der Waals surface area contributed by atoms with Crippen LogP contribution in [0.2, 0.25) is 0 Å². The lowest BCUT2D eigenvalue weighted by Gasteiger charge is -2.20. The van der Waals surface area contributed by atoms with Crippen LogP contribution in [-0.4, -0.2) is 23.0 Å². The fourth-order valence-corrected chi connectivity index (χ4v) is 2.67. The highest BCUT2D eigenvalue weighted by molar-refractivity contribution is 7.12. The minimum Gasteiger partial charge on any atom is -0.481 e. The van der Waals surface area contributed by atoms with E-state index in [1.54, 1.807) is 11.3 Å². The molecule has 1 atom stereocenters. The average Bonchev–Trinajstić information content (AvgIpc) is 2.56. The Morgan fingerprint density at radius 2 is 2.00 bits per heavy atom. The number of nitrogens with one attached hydrogen (secondary N) is 1. The zero-order chi connectivity index (χ0) is 13.9. The summed E-state index contributed by atoms with van der Waals surface area (Å²) in [4.78, 5) is 24.9. The molecule has 0 aliphatic heterocycles. The Hall–Kier alpha value is -1.36. The highest BCUT2D eigenvalue weighted by atomic mass is 32.1. The summed E-state index contributed by atoms with van der Waals surface area (Å²) >= 11 is 1.57. The number of hydrogen-bond acceptors (Lipinski definition) is 3. The topological polar surface area (TPSA) is 66.4 Å². The molecule has 0 aromatic carbocycles. The van der Waals surface area contributed by atoms with Crippen molar-refractivity contribution in [1.82, 2.24) is 5.32 Å². The maximum atomic E-state index is 12.1. The van der Waals surface area contributed by atoms with Crippen molar-refractivity contribution in [3.63, 3.8) is 0 Å². The van der Waals surface area contributed by atoms with Gasteiger partial charge in [0.1, 0.15) is 0 Å². The third-order valence-electron chi connectivity index (χ3n) is 2.80. The Balaban J connectivity index is 2.78. The van der Waals surface area contributed by atoms with Crippen molar-refractivity contribution >= 4 is 23.2 Å². The standard InChI is InChI=1S/C13H19NO3S/c1-7(2)11(6-12(15)16)14-13(17)10-5-8(3)18-9(10)4/h5,7,11H,6H2,1-4H3,(H,14,17)(H,15,16). The lowest BCUT2D eigenvalue weighted by molar-refractivity contribution is -0.137. The molecule has 0 radical (unpaired) electrons. The summed E-state index contributed by atoms with van der Waals surface area (Å²) in [6.45, 7) is 7.65. The van der Waals surface area contributed by atoms with E-state index in [2.05, 4.69) is 5.32 Å². The molecule has 1 unspecified atom stereocenters. The van der Waals surface area contributed by atoms with Gasteiger partial charge in [0, 0.05) is 15.8 Å². The van der Waals surface area contributed by atoms with Crippen molar-refractivity contribution in [2.45, 2.75) is 40.2 Å². The molecule has 1 rings (SSSR count). The van der Waals surface area contributed by atoms with E-state index in [4.69, 9.17) is 5.11 Å². The molecular weight excluding hydrogens is 250 g/mol. The zero-order valence-electron chi connectivity index (χ0n) is 11.1. The van der Waals surface area contributed by atoms with Crippen LogP contribution in [0, 0.1) is 19.8 Å². The molecule has 0 bridgehead atoms. The second-order valence-corrected chi connectivity index (χ2v) is 6.21. The number of carboxylic acid groups (broad SMARTS) is 1. The van der Waals surface area contributed by atoms with Gasteiger partial charge in [-0.3, -0.25) is 9.59 Å². The third-order valence-corrected chi connectivity index (χ3v) is 3.77. The van der Waals surface area contributed by atoms with Crippen LogP contribution in [0.25, 0.3) is 0 Å². The van der Waals surface area contributed by atoms with Gasteiger partial charge in [0.25, 0.3) is 5.91 Å². The molecule has 1 aromatic rings. The van der Waals surface area contributed by atoms with Crippen molar-refractivity contribution in [1.29, 1.82) is 0 Å². The van der Waals surface area contributed by atoms with Crippen LogP contribution in [0.1, 0.15) is 40.4 Å². The number of carbonyl (C=O) groups excluding carboxylic acids is 1. The number of rotatable bonds is 5. The Bertz CT molecular complexity index is 451. The molecule has 4 nitrogen and oxygen atoms in total. The smallest absolute Gasteiger partial charge is 0.305 e. The van der Waals surface area contributed by atoms with Gasteiger partial charge in [0.05, 0.1) is 12.0 Å². The second kappa shape index (κ2) is 6.00. The highest BCUT2D eigenvalue weighted by Gasteiger charge is 2.21. The molecule has 0 saturated carbocycles. The summed E-state index contributed by atoms with van der Waals surface area (Å²) in [5.74, 6) is -0.992. The monoisotopic (exact) mass is 269 g/mol. The first kappa shape index (κ1) is 14.7. The van der Waals surface area contributed by atoms with Gasteiger partial charge in [-0.25, -0.2) is 0 Å². The quantitative estimate of drug-likeness (QED) is 0.863. The molecule has 2 N–H and O–H groups in total. The highest BCUT2D eigenvalue weighted by Crippen LogP contribution is 2.21. The predicted molar refractivity (Wildman–Crippen MR) is 72.1 cm³/mol. The van der Waals surface area contributed by atoms with Crippen LogP contribution in [0.4, 0.5) is 0 Å². The number of carbonyl (C=O) groups is 2. The SMILES string of the molecule is Cc1cc(C(=O)NC(CC(=O)O)C(C)C)c(C)s1. The van der Waals surface area contributed by atoms with Crippen molar-refractivity contribution in [3.05, 3.63) is 21.4 Å². The van der Waals surface area contributed by atoms with Crippen LogP contribution in [0.5, 0.6) is 0 Å². The normalized spacial score (nSPS) is 12.5. The maximum absolute atomic E-state index is 12.1. The van der Waals surface area contributed by atoms with Crippen LogP contribution in [0.3, 0.4) is 0 Å². The number of aryl methyl sites for hydroxylation is 2. The molecule has 18 heavy (non-hydrogen) atoms. The predicted octanol–water partition coefficient (Wildman–Crippen LogP) is 2.59. The Kier molecular flexibility index (Phi) is 4.90. The molecule has 1 aromatic heterocycles.